The van der Waals surface area contributed by atoms with Crippen molar-refractivity contribution in [3.63, 3.8) is 0 Å². The first-order chi connectivity index (χ1) is 8.36. The average molecular weight is 248 g/mol. The van der Waals surface area contributed by atoms with E-state index in [9.17, 15) is 0 Å². The summed E-state index contributed by atoms with van der Waals surface area (Å²) < 4.78 is 1.86. The fraction of sp³-hybridized carbons (Fsp3) is 0.500. The van der Waals surface area contributed by atoms with Gasteiger partial charge in [0.2, 0.25) is 0 Å². The van der Waals surface area contributed by atoms with Crippen molar-refractivity contribution in [1.29, 1.82) is 0 Å². The van der Waals surface area contributed by atoms with Gasteiger partial charge in [-0.3, -0.25) is 0 Å². The molecule has 1 saturated carbocycles. The molecule has 0 aromatic carbocycles. The fourth-order valence-electron chi connectivity index (χ4n) is 2.45. The molecule has 4 nitrogen and oxygen atoms in total. The summed E-state index contributed by atoms with van der Waals surface area (Å²) >= 11 is 1.97. The van der Waals surface area contributed by atoms with Crippen LogP contribution in [-0.4, -0.2) is 32.1 Å². The Morgan fingerprint density at radius 3 is 3.18 bits per heavy atom. The molecule has 0 spiro atoms. The molecule has 5 heteroatoms. The Morgan fingerprint density at radius 1 is 1.41 bits per heavy atom. The van der Waals surface area contributed by atoms with E-state index in [2.05, 4.69) is 21.7 Å². The predicted molar refractivity (Wildman–Crippen MR) is 71.6 cm³/mol. The van der Waals surface area contributed by atoms with Crippen molar-refractivity contribution >= 4 is 23.1 Å². The normalized spacial score (nSPS) is 24.3. The molecule has 1 N–H and O–H groups in total. The van der Waals surface area contributed by atoms with Gasteiger partial charge in [0.1, 0.15) is 5.52 Å². The molecule has 1 aliphatic rings. The highest BCUT2D eigenvalue weighted by molar-refractivity contribution is 7.99. The average Bonchev–Trinajstić information content (AvgIpc) is 2.97. The van der Waals surface area contributed by atoms with E-state index >= 15 is 0 Å². The van der Waals surface area contributed by atoms with Gasteiger partial charge >= 0.3 is 0 Å². The summed E-state index contributed by atoms with van der Waals surface area (Å²) in [5.74, 6) is 0.955. The van der Waals surface area contributed by atoms with Crippen LogP contribution in [-0.2, 0) is 0 Å². The lowest BCUT2D eigenvalue weighted by Crippen LogP contribution is -2.17. The van der Waals surface area contributed by atoms with Gasteiger partial charge in [0.15, 0.2) is 5.82 Å². The predicted octanol–water partition coefficient (Wildman–Crippen LogP) is 2.43. The lowest BCUT2D eigenvalue weighted by Gasteiger charge is -2.13. The maximum Gasteiger partial charge on any atom is 0.152 e. The third kappa shape index (κ3) is 2.11. The highest BCUT2D eigenvalue weighted by Crippen LogP contribution is 2.30. The van der Waals surface area contributed by atoms with Crippen LogP contribution in [0.25, 0.3) is 5.52 Å². The largest absolute Gasteiger partial charge is 0.366 e. The summed E-state index contributed by atoms with van der Waals surface area (Å²) in [4.78, 5) is 4.41. The van der Waals surface area contributed by atoms with Crippen molar-refractivity contribution in [1.82, 2.24) is 14.6 Å². The standard InChI is InChI=1S/C12H16N4S/c1-17-10-3-2-9(8-10)15-12-11-4-5-14-16(11)7-6-13-12/h4-7,9-10H,2-3,8H2,1H3,(H,13,15). The minimum Gasteiger partial charge on any atom is -0.366 e. The second-order valence-electron chi connectivity index (χ2n) is 4.45. The zero-order chi connectivity index (χ0) is 11.7. The molecule has 2 aromatic heterocycles. The van der Waals surface area contributed by atoms with Crippen LogP contribution < -0.4 is 5.32 Å². The van der Waals surface area contributed by atoms with Crippen molar-refractivity contribution in [2.45, 2.75) is 30.6 Å². The van der Waals surface area contributed by atoms with E-state index in [-0.39, 0.29) is 0 Å². The van der Waals surface area contributed by atoms with Crippen LogP contribution in [0, 0.1) is 0 Å². The first-order valence-corrected chi connectivity index (χ1v) is 7.23. The van der Waals surface area contributed by atoms with Crippen molar-refractivity contribution in [3.05, 3.63) is 24.7 Å². The molecule has 17 heavy (non-hydrogen) atoms. The molecule has 90 valence electrons. The maximum atomic E-state index is 4.41. The number of aromatic nitrogens is 3. The zero-order valence-electron chi connectivity index (χ0n) is 9.84. The fourth-order valence-corrected chi connectivity index (χ4v) is 3.24. The van der Waals surface area contributed by atoms with Crippen molar-refractivity contribution < 1.29 is 0 Å². The number of rotatable bonds is 3. The van der Waals surface area contributed by atoms with Crippen molar-refractivity contribution in [2.75, 3.05) is 11.6 Å². The molecule has 0 bridgehead atoms. The van der Waals surface area contributed by atoms with E-state index in [0.29, 0.717) is 6.04 Å². The number of hydrogen-bond acceptors (Lipinski definition) is 4. The molecule has 3 rings (SSSR count). The summed E-state index contributed by atoms with van der Waals surface area (Å²) in [7, 11) is 0. The number of thioether (sulfide) groups is 1. The van der Waals surface area contributed by atoms with E-state index in [1.54, 1.807) is 6.20 Å². The van der Waals surface area contributed by atoms with Gasteiger partial charge in [-0.1, -0.05) is 0 Å². The van der Waals surface area contributed by atoms with E-state index in [1.807, 2.05) is 34.7 Å². The summed E-state index contributed by atoms with van der Waals surface area (Å²) in [6.07, 6.45) is 11.5. The van der Waals surface area contributed by atoms with Gasteiger partial charge in [-0.25, -0.2) is 9.50 Å². The van der Waals surface area contributed by atoms with E-state index in [0.717, 1.165) is 16.6 Å². The lowest BCUT2D eigenvalue weighted by atomic mass is 10.2. The molecule has 0 radical (unpaired) electrons. The minimum absolute atomic E-state index is 0.557. The van der Waals surface area contributed by atoms with Crippen LogP contribution in [0.4, 0.5) is 5.82 Å². The zero-order valence-corrected chi connectivity index (χ0v) is 10.7. The molecular formula is C12H16N4S. The SMILES string of the molecule is CSC1CCC(Nc2nccn3nccc23)C1. The van der Waals surface area contributed by atoms with Crippen LogP contribution in [0.15, 0.2) is 24.7 Å². The molecule has 2 unspecified atom stereocenters. The minimum atomic E-state index is 0.557. The molecule has 0 amide bonds. The van der Waals surface area contributed by atoms with Crippen molar-refractivity contribution in [3.8, 4) is 0 Å². The summed E-state index contributed by atoms with van der Waals surface area (Å²) in [6.45, 7) is 0. The van der Waals surface area contributed by atoms with Crippen LogP contribution in [0.2, 0.25) is 0 Å². The number of fused-ring (bicyclic) bond motifs is 1. The summed E-state index contributed by atoms with van der Waals surface area (Å²) in [6, 6.07) is 2.55. The lowest BCUT2D eigenvalue weighted by molar-refractivity contribution is 0.751. The van der Waals surface area contributed by atoms with Gasteiger partial charge in [0.25, 0.3) is 0 Å². The van der Waals surface area contributed by atoms with Crippen molar-refractivity contribution in [2.24, 2.45) is 0 Å². The second-order valence-corrected chi connectivity index (χ2v) is 5.59. The van der Waals surface area contributed by atoms with Gasteiger partial charge in [-0.05, 0) is 31.6 Å². The van der Waals surface area contributed by atoms with Gasteiger partial charge in [0.05, 0.1) is 6.20 Å². The molecule has 1 aliphatic carbocycles. The quantitative estimate of drug-likeness (QED) is 0.906. The topological polar surface area (TPSA) is 42.2 Å². The Bertz CT molecular complexity index is 510. The van der Waals surface area contributed by atoms with E-state index in [1.165, 1.54) is 19.3 Å². The monoisotopic (exact) mass is 248 g/mol. The molecule has 1 fully saturated rings. The number of nitrogens with zero attached hydrogens (tertiary/aromatic N) is 3. The molecule has 2 aromatic rings. The van der Waals surface area contributed by atoms with Crippen LogP contribution in [0.1, 0.15) is 19.3 Å². The molecule has 0 saturated heterocycles. The number of nitrogens with one attached hydrogen (secondary N) is 1. The third-order valence-electron chi connectivity index (χ3n) is 3.38. The Hall–Kier alpha value is -1.23. The third-order valence-corrected chi connectivity index (χ3v) is 4.48. The second kappa shape index (κ2) is 4.56. The van der Waals surface area contributed by atoms with Gasteiger partial charge in [-0.2, -0.15) is 16.9 Å². The number of anilines is 1. The van der Waals surface area contributed by atoms with Gasteiger partial charge in [-0.15, -0.1) is 0 Å². The maximum absolute atomic E-state index is 4.41. The smallest absolute Gasteiger partial charge is 0.152 e. The molecular weight excluding hydrogens is 232 g/mol. The van der Waals surface area contributed by atoms with Crippen LogP contribution in [0.5, 0.6) is 0 Å². The summed E-state index contributed by atoms with van der Waals surface area (Å²) in [5, 5.41) is 8.57. The van der Waals surface area contributed by atoms with Crippen LogP contribution in [0.3, 0.4) is 0 Å². The molecule has 2 atom stereocenters. The highest BCUT2D eigenvalue weighted by Gasteiger charge is 2.24. The molecule has 2 heterocycles. The van der Waals surface area contributed by atoms with E-state index < -0.39 is 0 Å². The van der Waals surface area contributed by atoms with Gasteiger partial charge < -0.3 is 5.32 Å². The number of hydrogen-bond donors (Lipinski definition) is 1. The Labute approximate surface area is 105 Å². The Morgan fingerprint density at radius 2 is 2.35 bits per heavy atom. The van der Waals surface area contributed by atoms with Crippen LogP contribution >= 0.6 is 11.8 Å². The molecule has 0 aliphatic heterocycles. The highest BCUT2D eigenvalue weighted by atomic mass is 32.2. The first-order valence-electron chi connectivity index (χ1n) is 5.94. The summed E-state index contributed by atoms with van der Waals surface area (Å²) in [5.41, 5.74) is 1.06. The first kappa shape index (κ1) is 10.9. The Balaban J connectivity index is 1.79. The Kier molecular flexibility index (Phi) is 2.93. The van der Waals surface area contributed by atoms with Gasteiger partial charge in [0, 0.05) is 23.7 Å². The van der Waals surface area contributed by atoms with E-state index in [4.69, 9.17) is 0 Å².